The summed E-state index contributed by atoms with van der Waals surface area (Å²) in [7, 11) is 5.86. The molecule has 0 spiro atoms. The predicted molar refractivity (Wildman–Crippen MR) is 104 cm³/mol. The topological polar surface area (TPSA) is 100 Å². The fourth-order valence-corrected chi connectivity index (χ4v) is 3.69. The van der Waals surface area contributed by atoms with Gasteiger partial charge in [-0.2, -0.15) is 8.75 Å². The number of carbonyl (C=O) groups is 1. The monoisotopic (exact) mass is 404 g/mol. The molecular formula is C19H20N2O6S. The van der Waals surface area contributed by atoms with Gasteiger partial charge in [-0.3, -0.25) is 4.79 Å². The molecule has 3 rings (SSSR count). The first-order valence-corrected chi connectivity index (χ1v) is 9.07. The van der Waals surface area contributed by atoms with Crippen molar-refractivity contribution in [2.24, 2.45) is 0 Å². The lowest BCUT2D eigenvalue weighted by atomic mass is 9.86. The van der Waals surface area contributed by atoms with Gasteiger partial charge in [-0.15, -0.1) is 0 Å². The minimum Gasteiger partial charge on any atom is -0.508 e. The summed E-state index contributed by atoms with van der Waals surface area (Å²) < 4.78 is 29.6. The van der Waals surface area contributed by atoms with Crippen LogP contribution in [0.25, 0.3) is 11.0 Å². The summed E-state index contributed by atoms with van der Waals surface area (Å²) in [4.78, 5) is 12.2. The number of benzene rings is 2. The quantitative estimate of drug-likeness (QED) is 0.600. The number of nitrogens with zero attached hydrogens (tertiary/aromatic N) is 2. The molecule has 0 bridgehead atoms. The number of aromatic hydroxyl groups is 1. The Hall–Kier alpha value is -3.07. The van der Waals surface area contributed by atoms with E-state index in [1.165, 1.54) is 28.4 Å². The van der Waals surface area contributed by atoms with E-state index < -0.39 is 11.9 Å². The van der Waals surface area contributed by atoms with E-state index in [4.69, 9.17) is 18.9 Å². The number of hydrogen-bond acceptors (Lipinski definition) is 9. The van der Waals surface area contributed by atoms with E-state index in [1.807, 2.05) is 0 Å². The van der Waals surface area contributed by atoms with Crippen molar-refractivity contribution < 1.29 is 28.8 Å². The zero-order chi connectivity index (χ0) is 20.3. The summed E-state index contributed by atoms with van der Waals surface area (Å²) in [6.45, 7) is 0. The van der Waals surface area contributed by atoms with E-state index in [-0.39, 0.29) is 12.2 Å². The van der Waals surface area contributed by atoms with Gasteiger partial charge < -0.3 is 24.1 Å². The summed E-state index contributed by atoms with van der Waals surface area (Å²) in [6.07, 6.45) is -0.0145. The summed E-state index contributed by atoms with van der Waals surface area (Å²) >= 11 is 1.04. The smallest absolute Gasteiger partial charge is 0.306 e. The summed E-state index contributed by atoms with van der Waals surface area (Å²) in [5.74, 6) is 0.336. The number of carbonyl (C=O) groups excluding carboxylic acids is 1. The molecule has 148 valence electrons. The van der Waals surface area contributed by atoms with Crippen LogP contribution < -0.4 is 14.2 Å². The molecule has 0 aliphatic rings. The van der Waals surface area contributed by atoms with Crippen LogP contribution in [0.4, 0.5) is 0 Å². The van der Waals surface area contributed by atoms with Crippen molar-refractivity contribution in [1.82, 2.24) is 8.75 Å². The highest BCUT2D eigenvalue weighted by Crippen LogP contribution is 2.45. The van der Waals surface area contributed by atoms with Gasteiger partial charge in [0.2, 0.25) is 5.75 Å². The maximum absolute atomic E-state index is 12.2. The fourth-order valence-electron chi connectivity index (χ4n) is 3.14. The number of phenols is 1. The Balaban J connectivity index is 2.25. The minimum atomic E-state index is -0.561. The second-order valence-electron chi connectivity index (χ2n) is 5.92. The molecule has 8 nitrogen and oxygen atoms in total. The molecule has 0 unspecified atom stereocenters. The van der Waals surface area contributed by atoms with E-state index >= 15 is 0 Å². The molecular weight excluding hydrogens is 384 g/mol. The number of methoxy groups -OCH3 is 4. The molecule has 0 saturated heterocycles. The van der Waals surface area contributed by atoms with Gasteiger partial charge in [-0.1, -0.05) is 0 Å². The first kappa shape index (κ1) is 19.7. The van der Waals surface area contributed by atoms with Crippen LogP contribution in [0.2, 0.25) is 0 Å². The average molecular weight is 404 g/mol. The minimum absolute atomic E-state index is 0.0145. The van der Waals surface area contributed by atoms with Crippen molar-refractivity contribution in [2.75, 3.05) is 28.4 Å². The molecule has 0 aliphatic heterocycles. The van der Waals surface area contributed by atoms with E-state index in [0.29, 0.717) is 39.4 Å². The molecule has 1 heterocycles. The van der Waals surface area contributed by atoms with Crippen molar-refractivity contribution in [1.29, 1.82) is 0 Å². The van der Waals surface area contributed by atoms with E-state index in [9.17, 15) is 9.90 Å². The molecule has 0 radical (unpaired) electrons. The van der Waals surface area contributed by atoms with Crippen LogP contribution in [0.15, 0.2) is 24.3 Å². The molecule has 0 amide bonds. The number of aromatic nitrogens is 2. The lowest BCUT2D eigenvalue weighted by Gasteiger charge is -2.21. The predicted octanol–water partition coefficient (Wildman–Crippen LogP) is 3.12. The Morgan fingerprint density at radius 2 is 1.75 bits per heavy atom. The average Bonchev–Trinajstić information content (AvgIpc) is 3.19. The molecule has 0 saturated carbocycles. The molecule has 1 N–H and O–H groups in total. The molecule has 1 aromatic heterocycles. The first-order chi connectivity index (χ1) is 13.5. The number of phenolic OH excluding ortho intramolecular Hbond substituents is 1. The Labute approximate surface area is 165 Å². The third-order valence-corrected chi connectivity index (χ3v) is 5.02. The summed E-state index contributed by atoms with van der Waals surface area (Å²) in [5.41, 5.74) is 2.34. The molecule has 9 heteroatoms. The van der Waals surface area contributed by atoms with Crippen molar-refractivity contribution in [3.05, 3.63) is 35.4 Å². The third kappa shape index (κ3) is 3.53. The number of ether oxygens (including phenoxy) is 4. The maximum atomic E-state index is 12.2. The van der Waals surface area contributed by atoms with Crippen LogP contribution in [-0.4, -0.2) is 48.3 Å². The number of fused-ring (bicyclic) bond motifs is 1. The van der Waals surface area contributed by atoms with Crippen LogP contribution >= 0.6 is 11.7 Å². The van der Waals surface area contributed by atoms with E-state index in [0.717, 1.165) is 11.7 Å². The Bertz CT molecular complexity index is 978. The van der Waals surface area contributed by atoms with E-state index in [2.05, 4.69) is 8.75 Å². The lowest BCUT2D eigenvalue weighted by Crippen LogP contribution is -2.11. The zero-order valence-corrected chi connectivity index (χ0v) is 16.7. The van der Waals surface area contributed by atoms with Gasteiger partial charge in [0.25, 0.3) is 0 Å². The van der Waals surface area contributed by atoms with Gasteiger partial charge in [-0.05, 0) is 29.8 Å². The van der Waals surface area contributed by atoms with Crippen LogP contribution in [0.1, 0.15) is 23.5 Å². The maximum Gasteiger partial charge on any atom is 0.306 e. The molecule has 2 aromatic carbocycles. The number of rotatable bonds is 7. The fraction of sp³-hybridized carbons (Fsp3) is 0.316. The van der Waals surface area contributed by atoms with Crippen molar-refractivity contribution in [2.45, 2.75) is 12.3 Å². The highest BCUT2D eigenvalue weighted by Gasteiger charge is 2.28. The summed E-state index contributed by atoms with van der Waals surface area (Å²) in [6, 6.07) is 6.71. The largest absolute Gasteiger partial charge is 0.508 e. The highest BCUT2D eigenvalue weighted by atomic mass is 32.1. The zero-order valence-electron chi connectivity index (χ0n) is 15.9. The lowest BCUT2D eigenvalue weighted by molar-refractivity contribution is -0.140. The van der Waals surface area contributed by atoms with Gasteiger partial charge in [0.15, 0.2) is 11.5 Å². The first-order valence-electron chi connectivity index (χ1n) is 8.34. The highest BCUT2D eigenvalue weighted by molar-refractivity contribution is 7.00. The SMILES string of the molecule is COC(=O)C[C@H](c1cc(OC)c(OC)c(OC)c1)c1c(O)ccc2nsnc12. The van der Waals surface area contributed by atoms with E-state index in [1.54, 1.807) is 24.3 Å². The van der Waals surface area contributed by atoms with Crippen molar-refractivity contribution in [3.63, 3.8) is 0 Å². The molecule has 3 aromatic rings. The van der Waals surface area contributed by atoms with Gasteiger partial charge in [0, 0.05) is 11.5 Å². The van der Waals surface area contributed by atoms with Crippen LogP contribution in [0.5, 0.6) is 23.0 Å². The molecule has 1 atom stereocenters. The summed E-state index contributed by atoms with van der Waals surface area (Å²) in [5, 5.41) is 10.6. The molecule has 28 heavy (non-hydrogen) atoms. The van der Waals surface area contributed by atoms with Gasteiger partial charge in [0.1, 0.15) is 16.8 Å². The number of hydrogen-bond donors (Lipinski definition) is 1. The number of esters is 1. The standard InChI is InChI=1S/C19H20N2O6S/c1-24-14-7-10(8-15(25-2)19(14)27-4)11(9-16(23)26-3)17-13(22)6-5-12-18(17)21-28-20-12/h5-8,11,22H,9H2,1-4H3/t11-/m1/s1. The second kappa shape index (κ2) is 8.30. The molecule has 0 aliphatic carbocycles. The van der Waals surface area contributed by atoms with Gasteiger partial charge in [-0.25, -0.2) is 0 Å². The van der Waals surface area contributed by atoms with Gasteiger partial charge >= 0.3 is 5.97 Å². The Kier molecular flexibility index (Phi) is 5.84. The van der Waals surface area contributed by atoms with Gasteiger partial charge in [0.05, 0.1) is 46.6 Å². The normalized spacial score (nSPS) is 11.9. The Morgan fingerprint density at radius 1 is 1.07 bits per heavy atom. The van der Waals surface area contributed by atoms with Crippen LogP contribution in [0.3, 0.4) is 0 Å². The van der Waals surface area contributed by atoms with Crippen LogP contribution in [0, 0.1) is 0 Å². The van der Waals surface area contributed by atoms with Crippen LogP contribution in [-0.2, 0) is 9.53 Å². The molecule has 0 fully saturated rings. The van der Waals surface area contributed by atoms with Crippen molar-refractivity contribution in [3.8, 4) is 23.0 Å². The second-order valence-corrected chi connectivity index (χ2v) is 6.45. The third-order valence-electron chi connectivity index (χ3n) is 4.48. The van der Waals surface area contributed by atoms with Crippen molar-refractivity contribution >= 4 is 28.7 Å². The Morgan fingerprint density at radius 3 is 2.32 bits per heavy atom.